The van der Waals surface area contributed by atoms with Crippen molar-refractivity contribution in [3.63, 3.8) is 0 Å². The lowest BCUT2D eigenvalue weighted by molar-refractivity contribution is -0.114. The Morgan fingerprint density at radius 3 is 2.52 bits per heavy atom. The van der Waals surface area contributed by atoms with E-state index in [9.17, 15) is 4.79 Å². The number of carbonyl (C=O) groups excluding carboxylic acids is 1. The molecule has 3 N–H and O–H groups in total. The fourth-order valence-corrected chi connectivity index (χ4v) is 3.72. The number of benzene rings is 1. The number of guanidine groups is 1. The molecule has 1 saturated heterocycles. The van der Waals surface area contributed by atoms with Crippen LogP contribution in [0, 0.1) is 0 Å². The van der Waals surface area contributed by atoms with Gasteiger partial charge in [0.1, 0.15) is 5.76 Å². The molecule has 1 aliphatic heterocycles. The minimum absolute atomic E-state index is 0. The van der Waals surface area contributed by atoms with Crippen LogP contribution in [0.1, 0.15) is 44.1 Å². The molecule has 31 heavy (non-hydrogen) atoms. The summed E-state index contributed by atoms with van der Waals surface area (Å²) in [5, 5.41) is 9.55. The molecule has 1 aromatic carbocycles. The largest absolute Gasteiger partial charge is 0.468 e. The highest BCUT2D eigenvalue weighted by Gasteiger charge is 2.25. The van der Waals surface area contributed by atoms with Crippen LogP contribution >= 0.6 is 24.0 Å². The second kappa shape index (κ2) is 13.4. The maximum Gasteiger partial charge on any atom is 0.221 e. The van der Waals surface area contributed by atoms with E-state index >= 15 is 0 Å². The molecule has 0 aliphatic carbocycles. The Balaban J connectivity index is 0.00000341. The molecule has 7 nitrogen and oxygen atoms in total. The van der Waals surface area contributed by atoms with Crippen molar-refractivity contribution in [2.75, 3.05) is 38.0 Å². The van der Waals surface area contributed by atoms with Crippen LogP contribution in [0.15, 0.2) is 52.1 Å². The third-order valence-corrected chi connectivity index (χ3v) is 5.20. The summed E-state index contributed by atoms with van der Waals surface area (Å²) in [5.74, 6) is 1.75. The number of likely N-dealkylation sites (tertiary alicyclic amines) is 1. The van der Waals surface area contributed by atoms with E-state index < -0.39 is 0 Å². The van der Waals surface area contributed by atoms with Crippen molar-refractivity contribution >= 4 is 41.5 Å². The fraction of sp³-hybridized carbons (Fsp3) is 0.478. The highest BCUT2D eigenvalue weighted by molar-refractivity contribution is 14.0. The summed E-state index contributed by atoms with van der Waals surface area (Å²) < 4.78 is 5.69. The third kappa shape index (κ3) is 8.17. The van der Waals surface area contributed by atoms with Crippen molar-refractivity contribution in [1.29, 1.82) is 0 Å². The van der Waals surface area contributed by atoms with Crippen LogP contribution in [0.3, 0.4) is 0 Å². The minimum Gasteiger partial charge on any atom is -0.468 e. The molecule has 0 radical (unpaired) electrons. The summed E-state index contributed by atoms with van der Waals surface area (Å²) in [6, 6.07) is 12.1. The molecule has 1 aliphatic rings. The van der Waals surface area contributed by atoms with Gasteiger partial charge >= 0.3 is 0 Å². The van der Waals surface area contributed by atoms with Crippen LogP contribution in [0.4, 0.5) is 5.69 Å². The van der Waals surface area contributed by atoms with E-state index in [0.717, 1.165) is 50.0 Å². The predicted molar refractivity (Wildman–Crippen MR) is 136 cm³/mol. The molecule has 1 atom stereocenters. The molecule has 8 heteroatoms. The SMILES string of the molecule is CCNC(=NCC(c1ccco1)N1CCCC1)NCCc1ccc(NC(C)=O)cc1.I. The van der Waals surface area contributed by atoms with E-state index in [1.54, 1.807) is 6.26 Å². The van der Waals surface area contributed by atoms with Gasteiger partial charge in [-0.25, -0.2) is 0 Å². The molecule has 2 aromatic rings. The number of amides is 1. The maximum atomic E-state index is 11.1. The standard InChI is InChI=1S/C23H33N5O2.HI/c1-3-24-23(25-13-12-19-8-10-20(11-9-19)27-18(2)29)26-17-21(22-7-6-16-30-22)28-14-4-5-15-28;/h6-11,16,21H,3-5,12-15,17H2,1-2H3,(H,27,29)(H2,24,25,26);1H. The average molecular weight is 539 g/mol. The number of hydrogen-bond acceptors (Lipinski definition) is 4. The number of nitrogens with one attached hydrogen (secondary N) is 3. The van der Waals surface area contributed by atoms with Gasteiger partial charge in [-0.1, -0.05) is 12.1 Å². The van der Waals surface area contributed by atoms with Gasteiger partial charge in [0.2, 0.25) is 5.91 Å². The first-order valence-electron chi connectivity index (χ1n) is 10.8. The topological polar surface area (TPSA) is 81.9 Å². The number of carbonyl (C=O) groups is 1. The minimum atomic E-state index is -0.0577. The van der Waals surface area contributed by atoms with Crippen LogP contribution < -0.4 is 16.0 Å². The maximum absolute atomic E-state index is 11.1. The van der Waals surface area contributed by atoms with E-state index in [2.05, 4.69) is 27.8 Å². The summed E-state index contributed by atoms with van der Waals surface area (Å²) in [7, 11) is 0. The lowest BCUT2D eigenvalue weighted by atomic mass is 10.1. The van der Waals surface area contributed by atoms with Gasteiger partial charge in [-0.2, -0.15) is 0 Å². The van der Waals surface area contributed by atoms with E-state index in [-0.39, 0.29) is 35.9 Å². The van der Waals surface area contributed by atoms with Crippen LogP contribution in [0.25, 0.3) is 0 Å². The molecule has 0 bridgehead atoms. The first-order chi connectivity index (χ1) is 14.7. The molecule has 3 rings (SSSR count). The lowest BCUT2D eigenvalue weighted by Gasteiger charge is -2.24. The number of nitrogens with zero attached hydrogens (tertiary/aromatic N) is 2. The number of aliphatic imine (C=N–C) groups is 1. The van der Waals surface area contributed by atoms with Crippen molar-refractivity contribution in [1.82, 2.24) is 15.5 Å². The Morgan fingerprint density at radius 1 is 1.16 bits per heavy atom. The second-order valence-electron chi connectivity index (χ2n) is 7.55. The number of hydrogen-bond donors (Lipinski definition) is 3. The van der Waals surface area contributed by atoms with Crippen LogP contribution in [-0.4, -0.2) is 49.5 Å². The van der Waals surface area contributed by atoms with Crippen LogP contribution in [0.5, 0.6) is 0 Å². The van der Waals surface area contributed by atoms with Crippen molar-refractivity contribution < 1.29 is 9.21 Å². The summed E-state index contributed by atoms with van der Waals surface area (Å²) in [4.78, 5) is 18.4. The van der Waals surface area contributed by atoms with Gasteiger partial charge in [-0.05, 0) is 69.1 Å². The fourth-order valence-electron chi connectivity index (χ4n) is 3.72. The molecule has 170 valence electrons. The van der Waals surface area contributed by atoms with Crippen molar-refractivity contribution in [2.24, 2.45) is 4.99 Å². The highest BCUT2D eigenvalue weighted by Crippen LogP contribution is 2.25. The molecule has 1 fully saturated rings. The number of anilines is 1. The average Bonchev–Trinajstić information content (AvgIpc) is 3.44. The number of rotatable bonds is 9. The molecule has 1 aromatic heterocycles. The normalized spacial score (nSPS) is 15.2. The Hall–Kier alpha value is -2.07. The van der Waals surface area contributed by atoms with Gasteiger partial charge in [-0.15, -0.1) is 24.0 Å². The van der Waals surface area contributed by atoms with Crippen molar-refractivity contribution in [3.05, 3.63) is 54.0 Å². The third-order valence-electron chi connectivity index (χ3n) is 5.20. The van der Waals surface area contributed by atoms with Gasteiger partial charge in [-0.3, -0.25) is 14.7 Å². The first-order valence-corrected chi connectivity index (χ1v) is 10.8. The Morgan fingerprint density at radius 2 is 1.90 bits per heavy atom. The van der Waals surface area contributed by atoms with Crippen molar-refractivity contribution in [2.45, 2.75) is 39.2 Å². The quantitative estimate of drug-likeness (QED) is 0.257. The molecular formula is C23H34IN5O2. The van der Waals surface area contributed by atoms with Gasteiger partial charge in [0.15, 0.2) is 5.96 Å². The van der Waals surface area contributed by atoms with E-state index in [0.29, 0.717) is 6.54 Å². The molecule has 0 spiro atoms. The summed E-state index contributed by atoms with van der Waals surface area (Å²) >= 11 is 0. The molecule has 0 saturated carbocycles. The highest BCUT2D eigenvalue weighted by atomic mass is 127. The molecular weight excluding hydrogens is 505 g/mol. The first kappa shape index (κ1) is 25.2. The van der Waals surface area contributed by atoms with E-state index in [4.69, 9.17) is 9.41 Å². The summed E-state index contributed by atoms with van der Waals surface area (Å²) in [6.45, 7) is 8.03. The zero-order valence-corrected chi connectivity index (χ0v) is 20.7. The van der Waals surface area contributed by atoms with Gasteiger partial charge in [0.25, 0.3) is 0 Å². The van der Waals surface area contributed by atoms with Crippen LogP contribution in [-0.2, 0) is 11.2 Å². The number of furan rings is 1. The Bertz CT molecular complexity index is 802. The molecule has 2 heterocycles. The second-order valence-corrected chi connectivity index (χ2v) is 7.55. The van der Waals surface area contributed by atoms with Crippen molar-refractivity contribution in [3.8, 4) is 0 Å². The van der Waals surface area contributed by atoms with E-state index in [1.807, 2.05) is 36.4 Å². The Kier molecular flexibility index (Phi) is 10.9. The summed E-state index contributed by atoms with van der Waals surface area (Å²) in [6.07, 6.45) is 5.08. The Labute approximate surface area is 202 Å². The van der Waals surface area contributed by atoms with Gasteiger partial charge in [0.05, 0.1) is 18.8 Å². The molecule has 1 unspecified atom stereocenters. The smallest absolute Gasteiger partial charge is 0.221 e. The summed E-state index contributed by atoms with van der Waals surface area (Å²) in [5.41, 5.74) is 2.03. The monoisotopic (exact) mass is 539 g/mol. The van der Waals surface area contributed by atoms with Gasteiger partial charge in [0, 0.05) is 25.7 Å². The number of halogens is 1. The van der Waals surface area contributed by atoms with Crippen LogP contribution in [0.2, 0.25) is 0 Å². The van der Waals surface area contributed by atoms with Gasteiger partial charge < -0.3 is 20.4 Å². The zero-order valence-electron chi connectivity index (χ0n) is 18.4. The van der Waals surface area contributed by atoms with E-state index in [1.165, 1.54) is 25.3 Å². The predicted octanol–water partition coefficient (Wildman–Crippen LogP) is 3.79. The molecule has 1 amide bonds. The lowest BCUT2D eigenvalue weighted by Crippen LogP contribution is -2.39. The zero-order chi connectivity index (χ0) is 21.2.